The molecule has 0 aliphatic carbocycles. The first kappa shape index (κ1) is 30.1. The van der Waals surface area contributed by atoms with Crippen LogP contribution in [0.2, 0.25) is 0 Å². The van der Waals surface area contributed by atoms with Crippen LogP contribution in [0.5, 0.6) is 0 Å². The summed E-state index contributed by atoms with van der Waals surface area (Å²) >= 11 is 0. The molecule has 2 heteroatoms. The zero-order chi connectivity index (χ0) is 8.83. The lowest BCUT2D eigenvalue weighted by Gasteiger charge is -1.71. The van der Waals surface area contributed by atoms with E-state index < -0.39 is 0 Å². The van der Waals surface area contributed by atoms with Gasteiger partial charge in [0, 0.05) is 7.11 Å². The smallest absolute Gasteiger partial charge is 0.0563 e. The Hall–Kier alpha value is -0.630. The summed E-state index contributed by atoms with van der Waals surface area (Å²) in [5.41, 5.74) is 0. The number of aliphatic imine (C=N–C) groups is 1. The molecule has 0 radical (unpaired) electrons. The van der Waals surface area contributed by atoms with Gasteiger partial charge in [-0.15, -0.1) is 0 Å². The van der Waals surface area contributed by atoms with Gasteiger partial charge in [0.25, 0.3) is 0 Å². The van der Waals surface area contributed by atoms with Crippen molar-refractivity contribution in [1.82, 2.24) is 0 Å². The minimum absolute atomic E-state index is 0. The number of hydrogen-bond acceptors (Lipinski definition) is 2. The molecule has 0 saturated carbocycles. The van der Waals surface area contributed by atoms with Gasteiger partial charge in [-0.25, -0.2) is 0 Å². The Kier molecular flexibility index (Phi) is 201. The molecular formula is C10H27NO. The minimum atomic E-state index is 0. The van der Waals surface area contributed by atoms with E-state index >= 15 is 0 Å². The van der Waals surface area contributed by atoms with Gasteiger partial charge in [-0.3, -0.25) is 4.99 Å². The maximum atomic E-state index is 7.00. The highest BCUT2D eigenvalue weighted by Gasteiger charge is 1.57. The number of aliphatic hydroxyl groups is 1. The van der Waals surface area contributed by atoms with E-state index in [0.717, 1.165) is 13.7 Å². The Morgan fingerprint density at radius 3 is 1.67 bits per heavy atom. The van der Waals surface area contributed by atoms with E-state index in [4.69, 9.17) is 5.11 Å². The molecule has 0 fully saturated rings. The van der Waals surface area contributed by atoms with Crippen LogP contribution < -0.4 is 0 Å². The zero-order valence-electron chi connectivity index (χ0n) is 7.46. The highest BCUT2D eigenvalue weighted by molar-refractivity contribution is 5.23. The summed E-state index contributed by atoms with van der Waals surface area (Å²) in [6.07, 6.45) is 3.90. The van der Waals surface area contributed by atoms with E-state index in [9.17, 15) is 0 Å². The molecular weight excluding hydrogens is 150 g/mol. The van der Waals surface area contributed by atoms with Crippen molar-refractivity contribution in [3.63, 3.8) is 0 Å². The second kappa shape index (κ2) is 80.2. The van der Waals surface area contributed by atoms with Crippen molar-refractivity contribution in [3.05, 3.63) is 12.2 Å². The first-order chi connectivity index (χ1) is 4.91. The van der Waals surface area contributed by atoms with Crippen molar-refractivity contribution in [2.75, 3.05) is 13.7 Å². The third-order valence-electron chi connectivity index (χ3n) is 0.470. The third-order valence-corrected chi connectivity index (χ3v) is 0.470. The Morgan fingerprint density at radius 2 is 1.58 bits per heavy atom. The number of hydrogen-bond donors (Lipinski definition) is 1. The largest absolute Gasteiger partial charge is 0.400 e. The van der Waals surface area contributed by atoms with E-state index in [0.29, 0.717) is 0 Å². The standard InChI is InChI=1S/C5H9N.C2H6.CH4O.2CH4/c1-3-4-5-6-2;2*1-2;;/h3-4H,2,5H2,1H3;1-2H3;2H,1H3;2*1H4. The lowest BCUT2D eigenvalue weighted by Crippen LogP contribution is -1.63. The van der Waals surface area contributed by atoms with Crippen molar-refractivity contribution in [1.29, 1.82) is 0 Å². The average Bonchev–Trinajstić information content (AvgIpc) is 2.08. The molecule has 0 spiro atoms. The lowest BCUT2D eigenvalue weighted by molar-refractivity contribution is 0.399. The molecule has 12 heavy (non-hydrogen) atoms. The molecule has 0 saturated heterocycles. The normalized spacial score (nSPS) is 5.75. The third kappa shape index (κ3) is 117. The molecule has 0 aromatic heterocycles. The predicted octanol–water partition coefficient (Wildman–Crippen LogP) is 3.17. The molecule has 0 aromatic rings. The summed E-state index contributed by atoms with van der Waals surface area (Å²) in [6, 6.07) is 0. The highest BCUT2D eigenvalue weighted by atomic mass is 16.2. The molecule has 0 unspecified atom stereocenters. The predicted molar refractivity (Wildman–Crippen MR) is 62.2 cm³/mol. The molecule has 0 rings (SSSR count). The number of nitrogens with zero attached hydrogens (tertiary/aromatic N) is 1. The Labute approximate surface area is 79.0 Å². The second-order valence-electron chi connectivity index (χ2n) is 0.975. The van der Waals surface area contributed by atoms with Crippen LogP contribution in [0.3, 0.4) is 0 Å². The molecule has 0 heterocycles. The monoisotopic (exact) mass is 177 g/mol. The Bertz CT molecular complexity index is 60.9. The van der Waals surface area contributed by atoms with Crippen LogP contribution in [-0.2, 0) is 0 Å². The van der Waals surface area contributed by atoms with Crippen molar-refractivity contribution in [2.24, 2.45) is 4.99 Å². The van der Waals surface area contributed by atoms with Crippen molar-refractivity contribution < 1.29 is 5.11 Å². The van der Waals surface area contributed by atoms with E-state index in [1.807, 2.05) is 32.9 Å². The summed E-state index contributed by atoms with van der Waals surface area (Å²) in [4.78, 5) is 3.59. The SMILES string of the molecule is C.C.C=NCC=CC.CC.CO. The number of aliphatic hydroxyl groups excluding tert-OH is 1. The van der Waals surface area contributed by atoms with Gasteiger partial charge in [0.2, 0.25) is 0 Å². The Morgan fingerprint density at radius 1 is 1.25 bits per heavy atom. The van der Waals surface area contributed by atoms with Crippen LogP contribution in [0.1, 0.15) is 35.6 Å². The second-order valence-corrected chi connectivity index (χ2v) is 0.975. The van der Waals surface area contributed by atoms with Gasteiger partial charge >= 0.3 is 0 Å². The first-order valence-corrected chi connectivity index (χ1v) is 3.40. The fourth-order valence-electron chi connectivity index (χ4n) is 0.180. The van der Waals surface area contributed by atoms with Crippen LogP contribution in [-0.4, -0.2) is 25.5 Å². The first-order valence-electron chi connectivity index (χ1n) is 3.40. The zero-order valence-corrected chi connectivity index (χ0v) is 7.46. The molecule has 0 bridgehead atoms. The molecule has 0 atom stereocenters. The topological polar surface area (TPSA) is 32.6 Å². The van der Waals surface area contributed by atoms with E-state index in [2.05, 4.69) is 11.7 Å². The minimum Gasteiger partial charge on any atom is -0.400 e. The highest BCUT2D eigenvalue weighted by Crippen LogP contribution is 1.68. The summed E-state index contributed by atoms with van der Waals surface area (Å²) < 4.78 is 0. The number of rotatable bonds is 2. The van der Waals surface area contributed by atoms with Gasteiger partial charge in [0.15, 0.2) is 0 Å². The van der Waals surface area contributed by atoms with Crippen molar-refractivity contribution in [3.8, 4) is 0 Å². The van der Waals surface area contributed by atoms with E-state index in [-0.39, 0.29) is 14.9 Å². The fourth-order valence-corrected chi connectivity index (χ4v) is 0.180. The molecule has 78 valence electrons. The van der Waals surface area contributed by atoms with Gasteiger partial charge in [0.05, 0.1) is 6.54 Å². The van der Waals surface area contributed by atoms with Gasteiger partial charge in [-0.1, -0.05) is 40.9 Å². The lowest BCUT2D eigenvalue weighted by atomic mass is 10.5. The average molecular weight is 177 g/mol. The number of allylic oxidation sites excluding steroid dienone is 1. The van der Waals surface area contributed by atoms with Crippen molar-refractivity contribution >= 4 is 6.72 Å². The summed E-state index contributed by atoms with van der Waals surface area (Å²) in [5, 5.41) is 7.00. The van der Waals surface area contributed by atoms with Crippen LogP contribution >= 0.6 is 0 Å². The quantitative estimate of drug-likeness (QED) is 0.510. The summed E-state index contributed by atoms with van der Waals surface area (Å²) in [5.74, 6) is 0. The summed E-state index contributed by atoms with van der Waals surface area (Å²) in [7, 11) is 1.00. The summed E-state index contributed by atoms with van der Waals surface area (Å²) in [6.45, 7) is 10.0. The molecule has 0 aliphatic heterocycles. The molecule has 2 nitrogen and oxygen atoms in total. The maximum absolute atomic E-state index is 7.00. The van der Waals surface area contributed by atoms with Gasteiger partial charge in [-0.2, -0.15) is 0 Å². The maximum Gasteiger partial charge on any atom is 0.0563 e. The van der Waals surface area contributed by atoms with E-state index in [1.165, 1.54) is 0 Å². The van der Waals surface area contributed by atoms with Crippen LogP contribution in [0, 0.1) is 0 Å². The molecule has 0 aliphatic rings. The van der Waals surface area contributed by atoms with Crippen LogP contribution in [0.15, 0.2) is 17.1 Å². The molecule has 0 aromatic carbocycles. The van der Waals surface area contributed by atoms with Crippen molar-refractivity contribution in [2.45, 2.75) is 35.6 Å². The molecule has 1 N–H and O–H groups in total. The van der Waals surface area contributed by atoms with Gasteiger partial charge in [-0.05, 0) is 13.6 Å². The fraction of sp³-hybridized carbons (Fsp3) is 0.700. The van der Waals surface area contributed by atoms with Gasteiger partial charge in [0.1, 0.15) is 0 Å². The van der Waals surface area contributed by atoms with Crippen LogP contribution in [0.25, 0.3) is 0 Å². The molecule has 0 amide bonds. The Balaban J connectivity index is -0.0000000241. The van der Waals surface area contributed by atoms with Crippen LogP contribution in [0.4, 0.5) is 0 Å². The van der Waals surface area contributed by atoms with E-state index in [1.54, 1.807) is 0 Å². The van der Waals surface area contributed by atoms with Gasteiger partial charge < -0.3 is 5.11 Å².